The average molecular weight is 450 g/mol. The first-order valence-electron chi connectivity index (χ1n) is 10.3. The highest BCUT2D eigenvalue weighted by Gasteiger charge is 2.20. The molecule has 0 spiro atoms. The SMILES string of the molecule is C=CCn1c(SCC(=O)Nc2cccc(C)c2C)nnc1[C@H](C)NC(=O)c1ccccc1. The molecule has 2 amide bonds. The summed E-state index contributed by atoms with van der Waals surface area (Å²) in [5.41, 5.74) is 3.55. The number of aromatic nitrogens is 3. The third kappa shape index (κ3) is 5.64. The number of carbonyl (C=O) groups excluding carboxylic acids is 2. The highest BCUT2D eigenvalue weighted by Crippen LogP contribution is 2.22. The Morgan fingerprint density at radius 2 is 1.88 bits per heavy atom. The summed E-state index contributed by atoms with van der Waals surface area (Å²) in [6.07, 6.45) is 1.73. The molecule has 2 N–H and O–H groups in total. The minimum absolute atomic E-state index is 0.121. The number of carbonyl (C=O) groups is 2. The van der Waals surface area contributed by atoms with Crippen molar-refractivity contribution in [2.45, 2.75) is 38.5 Å². The molecule has 3 rings (SSSR count). The van der Waals surface area contributed by atoms with Crippen LogP contribution in [0, 0.1) is 13.8 Å². The largest absolute Gasteiger partial charge is 0.342 e. The summed E-state index contributed by atoms with van der Waals surface area (Å²) in [5, 5.41) is 15.0. The van der Waals surface area contributed by atoms with Crippen LogP contribution in [0.5, 0.6) is 0 Å². The van der Waals surface area contributed by atoms with Crippen molar-refractivity contribution < 1.29 is 9.59 Å². The second-order valence-corrected chi connectivity index (χ2v) is 8.33. The molecular formula is C24H27N5O2S. The van der Waals surface area contributed by atoms with Crippen LogP contribution in [-0.2, 0) is 11.3 Å². The first kappa shape index (κ1) is 23.3. The number of rotatable bonds is 9. The fourth-order valence-corrected chi connectivity index (χ4v) is 3.92. The molecule has 166 valence electrons. The summed E-state index contributed by atoms with van der Waals surface area (Å²) in [6, 6.07) is 14.5. The van der Waals surface area contributed by atoms with E-state index in [0.29, 0.717) is 23.1 Å². The van der Waals surface area contributed by atoms with E-state index in [1.165, 1.54) is 11.8 Å². The molecule has 0 bridgehead atoms. The average Bonchev–Trinajstić information content (AvgIpc) is 3.19. The van der Waals surface area contributed by atoms with Crippen LogP contribution in [0.4, 0.5) is 5.69 Å². The second-order valence-electron chi connectivity index (χ2n) is 7.39. The van der Waals surface area contributed by atoms with Gasteiger partial charge in [-0.2, -0.15) is 0 Å². The van der Waals surface area contributed by atoms with Gasteiger partial charge in [-0.05, 0) is 50.1 Å². The van der Waals surface area contributed by atoms with Crippen molar-refractivity contribution in [1.29, 1.82) is 0 Å². The van der Waals surface area contributed by atoms with E-state index in [4.69, 9.17) is 0 Å². The molecule has 1 aromatic heterocycles. The molecule has 3 aromatic rings. The van der Waals surface area contributed by atoms with E-state index >= 15 is 0 Å². The smallest absolute Gasteiger partial charge is 0.251 e. The number of hydrogen-bond acceptors (Lipinski definition) is 5. The van der Waals surface area contributed by atoms with Gasteiger partial charge >= 0.3 is 0 Å². The van der Waals surface area contributed by atoms with Crippen LogP contribution in [0.15, 0.2) is 66.3 Å². The van der Waals surface area contributed by atoms with Crippen molar-refractivity contribution in [3.05, 3.63) is 83.7 Å². The molecule has 0 radical (unpaired) electrons. The van der Waals surface area contributed by atoms with E-state index in [1.54, 1.807) is 18.2 Å². The lowest BCUT2D eigenvalue weighted by molar-refractivity contribution is -0.113. The molecule has 32 heavy (non-hydrogen) atoms. The normalized spacial score (nSPS) is 11.6. The van der Waals surface area contributed by atoms with E-state index in [1.807, 2.05) is 61.7 Å². The number of thioether (sulfide) groups is 1. The van der Waals surface area contributed by atoms with Crippen LogP contribution >= 0.6 is 11.8 Å². The quantitative estimate of drug-likeness (QED) is 0.376. The minimum Gasteiger partial charge on any atom is -0.342 e. The summed E-state index contributed by atoms with van der Waals surface area (Å²) in [5.74, 6) is 0.483. The Morgan fingerprint density at radius 3 is 2.59 bits per heavy atom. The Labute approximate surface area is 192 Å². The molecule has 0 saturated carbocycles. The molecule has 7 nitrogen and oxygen atoms in total. The minimum atomic E-state index is -0.367. The molecular weight excluding hydrogens is 422 g/mol. The maximum atomic E-state index is 12.5. The Hall–Kier alpha value is -3.39. The van der Waals surface area contributed by atoms with Crippen LogP contribution in [0.2, 0.25) is 0 Å². The number of anilines is 1. The van der Waals surface area contributed by atoms with Gasteiger partial charge in [0.05, 0.1) is 11.8 Å². The second kappa shape index (κ2) is 10.8. The van der Waals surface area contributed by atoms with Gasteiger partial charge in [0.25, 0.3) is 5.91 Å². The van der Waals surface area contributed by atoms with Crippen molar-refractivity contribution in [3.8, 4) is 0 Å². The lowest BCUT2D eigenvalue weighted by atomic mass is 10.1. The van der Waals surface area contributed by atoms with E-state index in [9.17, 15) is 9.59 Å². The van der Waals surface area contributed by atoms with Crippen LogP contribution in [0.3, 0.4) is 0 Å². The third-order valence-corrected chi connectivity index (χ3v) is 6.01. The van der Waals surface area contributed by atoms with Crippen molar-refractivity contribution in [1.82, 2.24) is 20.1 Å². The maximum absolute atomic E-state index is 12.5. The Morgan fingerprint density at radius 1 is 1.12 bits per heavy atom. The van der Waals surface area contributed by atoms with Crippen molar-refractivity contribution >= 4 is 29.3 Å². The Balaban J connectivity index is 1.67. The standard InChI is InChI=1S/C24H27N5O2S/c1-5-14-29-22(18(4)25-23(31)19-11-7-6-8-12-19)27-28-24(29)32-15-21(30)26-20-13-9-10-16(2)17(20)3/h5-13,18H,1,14-15H2,2-4H3,(H,25,31)(H,26,30)/t18-/m0/s1. The Kier molecular flexibility index (Phi) is 7.83. The first-order valence-corrected chi connectivity index (χ1v) is 11.3. The maximum Gasteiger partial charge on any atom is 0.251 e. The number of aryl methyl sites for hydroxylation is 1. The monoisotopic (exact) mass is 449 g/mol. The zero-order valence-corrected chi connectivity index (χ0v) is 19.3. The highest BCUT2D eigenvalue weighted by atomic mass is 32.2. The summed E-state index contributed by atoms with van der Waals surface area (Å²) in [7, 11) is 0. The summed E-state index contributed by atoms with van der Waals surface area (Å²) in [6.45, 7) is 10.1. The van der Waals surface area contributed by atoms with E-state index < -0.39 is 0 Å². The number of amides is 2. The molecule has 1 atom stereocenters. The predicted octanol–water partition coefficient (Wildman–Crippen LogP) is 4.30. The summed E-state index contributed by atoms with van der Waals surface area (Å²) in [4.78, 5) is 25.0. The molecule has 2 aromatic carbocycles. The first-order chi connectivity index (χ1) is 15.4. The van der Waals surface area contributed by atoms with Gasteiger partial charge in [0, 0.05) is 17.8 Å². The van der Waals surface area contributed by atoms with Crippen molar-refractivity contribution in [3.63, 3.8) is 0 Å². The van der Waals surface area contributed by atoms with Gasteiger partial charge in [-0.3, -0.25) is 9.59 Å². The zero-order chi connectivity index (χ0) is 23.1. The van der Waals surface area contributed by atoms with Crippen molar-refractivity contribution in [2.75, 3.05) is 11.1 Å². The highest BCUT2D eigenvalue weighted by molar-refractivity contribution is 7.99. The summed E-state index contributed by atoms with van der Waals surface area (Å²) >= 11 is 1.29. The number of benzene rings is 2. The third-order valence-electron chi connectivity index (χ3n) is 5.04. The van der Waals surface area contributed by atoms with Crippen LogP contribution in [0.25, 0.3) is 0 Å². The summed E-state index contributed by atoms with van der Waals surface area (Å²) < 4.78 is 1.86. The fraction of sp³-hybridized carbons (Fsp3) is 0.250. The Bertz CT molecular complexity index is 1110. The molecule has 0 saturated heterocycles. The van der Waals surface area contributed by atoms with E-state index in [2.05, 4.69) is 27.4 Å². The number of nitrogens with one attached hydrogen (secondary N) is 2. The lowest BCUT2D eigenvalue weighted by Gasteiger charge is -2.15. The number of allylic oxidation sites excluding steroid dienone is 1. The van der Waals surface area contributed by atoms with Crippen LogP contribution in [0.1, 0.15) is 40.3 Å². The predicted molar refractivity (Wildman–Crippen MR) is 128 cm³/mol. The molecule has 0 aliphatic heterocycles. The van der Waals surface area contributed by atoms with Gasteiger partial charge in [0.1, 0.15) is 0 Å². The van der Waals surface area contributed by atoms with Gasteiger partial charge in [0.15, 0.2) is 11.0 Å². The molecule has 1 heterocycles. The number of hydrogen-bond donors (Lipinski definition) is 2. The van der Waals surface area contributed by atoms with Gasteiger partial charge < -0.3 is 15.2 Å². The van der Waals surface area contributed by atoms with E-state index in [-0.39, 0.29) is 23.6 Å². The van der Waals surface area contributed by atoms with Gasteiger partial charge in [-0.1, -0.05) is 48.2 Å². The number of nitrogens with zero attached hydrogens (tertiary/aromatic N) is 3. The van der Waals surface area contributed by atoms with Crippen LogP contribution < -0.4 is 10.6 Å². The zero-order valence-electron chi connectivity index (χ0n) is 18.5. The van der Waals surface area contributed by atoms with Gasteiger partial charge in [-0.25, -0.2) is 0 Å². The lowest BCUT2D eigenvalue weighted by Crippen LogP contribution is -2.28. The molecule has 0 fully saturated rings. The molecule has 0 aliphatic carbocycles. The van der Waals surface area contributed by atoms with Gasteiger partial charge in [-0.15, -0.1) is 16.8 Å². The van der Waals surface area contributed by atoms with Crippen LogP contribution in [-0.4, -0.2) is 32.3 Å². The molecule has 0 unspecified atom stereocenters. The molecule has 8 heteroatoms. The topological polar surface area (TPSA) is 88.9 Å². The van der Waals surface area contributed by atoms with E-state index in [0.717, 1.165) is 16.8 Å². The van der Waals surface area contributed by atoms with Crippen molar-refractivity contribution in [2.24, 2.45) is 0 Å². The van der Waals surface area contributed by atoms with Gasteiger partial charge in [0.2, 0.25) is 5.91 Å². The molecule has 0 aliphatic rings. The fourth-order valence-electron chi connectivity index (χ4n) is 3.16.